The summed E-state index contributed by atoms with van der Waals surface area (Å²) < 4.78 is 5.26. The lowest BCUT2D eigenvalue weighted by atomic mass is 9.85. The first-order valence-corrected chi connectivity index (χ1v) is 9.84. The number of carbonyl (C=O) groups is 3. The molecule has 2 aliphatic heterocycles. The normalized spacial score (nSPS) is 31.3. The summed E-state index contributed by atoms with van der Waals surface area (Å²) in [7, 11) is 0. The van der Waals surface area contributed by atoms with Gasteiger partial charge >= 0.3 is 0 Å². The van der Waals surface area contributed by atoms with Crippen LogP contribution in [0.2, 0.25) is 0 Å². The summed E-state index contributed by atoms with van der Waals surface area (Å²) >= 11 is 0. The molecular formula is C22H22N2O4. The molecule has 1 aromatic rings. The van der Waals surface area contributed by atoms with E-state index < -0.39 is 0 Å². The van der Waals surface area contributed by atoms with Crippen molar-refractivity contribution in [2.75, 3.05) is 31.2 Å². The fraction of sp³-hybridized carbons (Fsp3) is 0.409. The van der Waals surface area contributed by atoms with Gasteiger partial charge in [-0.15, -0.1) is 0 Å². The Labute approximate surface area is 163 Å². The number of imide groups is 1. The van der Waals surface area contributed by atoms with Crippen LogP contribution >= 0.6 is 0 Å². The molecule has 4 aliphatic rings. The second-order valence-electron chi connectivity index (χ2n) is 7.88. The van der Waals surface area contributed by atoms with Crippen molar-refractivity contribution in [1.29, 1.82) is 0 Å². The van der Waals surface area contributed by atoms with Gasteiger partial charge in [0, 0.05) is 19.2 Å². The van der Waals surface area contributed by atoms with Gasteiger partial charge in [-0.1, -0.05) is 24.3 Å². The zero-order valence-corrected chi connectivity index (χ0v) is 15.5. The molecule has 2 heterocycles. The number of hydrogen-bond donors (Lipinski definition) is 0. The quantitative estimate of drug-likeness (QED) is 0.458. The van der Waals surface area contributed by atoms with Crippen LogP contribution in [0.4, 0.5) is 5.69 Å². The lowest BCUT2D eigenvalue weighted by molar-refractivity contribution is -0.130. The highest BCUT2D eigenvalue weighted by molar-refractivity contribution is 6.22. The van der Waals surface area contributed by atoms with E-state index in [4.69, 9.17) is 4.74 Å². The Bertz CT molecular complexity index is 870. The molecule has 28 heavy (non-hydrogen) atoms. The van der Waals surface area contributed by atoms with Crippen LogP contribution in [0.5, 0.6) is 0 Å². The summed E-state index contributed by atoms with van der Waals surface area (Å²) in [5.74, 6) is -0.237. The first-order valence-electron chi connectivity index (χ1n) is 9.84. The number of rotatable bonds is 3. The predicted molar refractivity (Wildman–Crippen MR) is 103 cm³/mol. The molecule has 5 rings (SSSR count). The predicted octanol–water partition coefficient (Wildman–Crippen LogP) is 1.87. The lowest BCUT2D eigenvalue weighted by Crippen LogP contribution is -2.39. The van der Waals surface area contributed by atoms with Crippen LogP contribution in [0.25, 0.3) is 6.08 Å². The highest BCUT2D eigenvalue weighted by Crippen LogP contribution is 2.53. The summed E-state index contributed by atoms with van der Waals surface area (Å²) in [4.78, 5) is 41.3. The molecule has 1 saturated carbocycles. The first kappa shape index (κ1) is 17.4. The summed E-state index contributed by atoms with van der Waals surface area (Å²) in [6, 6.07) is 7.27. The number of nitrogens with zero attached hydrogens (tertiary/aromatic N) is 2. The highest BCUT2D eigenvalue weighted by Gasteiger charge is 2.59. The molecule has 2 saturated heterocycles. The van der Waals surface area contributed by atoms with E-state index in [2.05, 4.69) is 12.2 Å². The van der Waals surface area contributed by atoms with Gasteiger partial charge in [0.25, 0.3) is 0 Å². The summed E-state index contributed by atoms with van der Waals surface area (Å²) in [6.07, 6.45) is 8.39. The minimum atomic E-state index is -0.204. The maximum atomic E-state index is 13.0. The Morgan fingerprint density at radius 3 is 2.39 bits per heavy atom. The zero-order valence-electron chi connectivity index (χ0n) is 15.5. The summed E-state index contributed by atoms with van der Waals surface area (Å²) in [5, 5.41) is 0. The van der Waals surface area contributed by atoms with Gasteiger partial charge in [0.1, 0.15) is 0 Å². The van der Waals surface area contributed by atoms with Gasteiger partial charge in [-0.05, 0) is 42.0 Å². The van der Waals surface area contributed by atoms with E-state index in [1.54, 1.807) is 23.1 Å². The third-order valence-corrected chi connectivity index (χ3v) is 6.34. The Morgan fingerprint density at radius 2 is 1.71 bits per heavy atom. The van der Waals surface area contributed by atoms with Gasteiger partial charge < -0.3 is 9.64 Å². The molecule has 2 bridgehead atoms. The molecule has 3 fully saturated rings. The van der Waals surface area contributed by atoms with Crippen molar-refractivity contribution in [3.8, 4) is 0 Å². The van der Waals surface area contributed by atoms with Crippen LogP contribution in [-0.4, -0.2) is 48.9 Å². The number of benzene rings is 1. The van der Waals surface area contributed by atoms with E-state index in [1.807, 2.05) is 12.1 Å². The first-order chi connectivity index (χ1) is 13.6. The van der Waals surface area contributed by atoms with Gasteiger partial charge in [0.2, 0.25) is 17.7 Å². The van der Waals surface area contributed by atoms with Gasteiger partial charge in [-0.2, -0.15) is 0 Å². The van der Waals surface area contributed by atoms with Crippen molar-refractivity contribution < 1.29 is 19.1 Å². The molecule has 1 aromatic carbocycles. The number of allylic oxidation sites excluding steroid dienone is 2. The third-order valence-electron chi connectivity index (χ3n) is 6.34. The maximum Gasteiger partial charge on any atom is 0.246 e. The van der Waals surface area contributed by atoms with Crippen LogP contribution < -0.4 is 4.90 Å². The number of ether oxygens (including phenoxy) is 1. The molecule has 6 nitrogen and oxygen atoms in total. The molecule has 4 unspecified atom stereocenters. The zero-order chi connectivity index (χ0) is 19.3. The molecular weight excluding hydrogens is 356 g/mol. The van der Waals surface area contributed by atoms with Crippen molar-refractivity contribution in [2.45, 2.75) is 6.42 Å². The third kappa shape index (κ3) is 2.71. The average Bonchev–Trinajstić information content (AvgIpc) is 3.41. The smallest absolute Gasteiger partial charge is 0.246 e. The van der Waals surface area contributed by atoms with E-state index in [0.717, 1.165) is 12.0 Å². The van der Waals surface area contributed by atoms with E-state index in [1.165, 1.54) is 11.0 Å². The average molecular weight is 378 g/mol. The summed E-state index contributed by atoms with van der Waals surface area (Å²) in [5.41, 5.74) is 1.38. The number of amides is 3. The van der Waals surface area contributed by atoms with E-state index >= 15 is 0 Å². The molecule has 2 aliphatic carbocycles. The SMILES string of the molecule is O=C(/C=C/c1cccc(N2C(=O)C3C4C=CC(C4)C3C2=O)c1)N1CCOCC1. The standard InChI is InChI=1S/C22H22N2O4/c25-18(23-8-10-28-11-9-23)7-4-14-2-1-3-17(12-14)24-21(26)19-15-5-6-16(13-15)20(19)22(24)27/h1-7,12,15-16,19-20H,8-11,13H2/b7-4+. The second-order valence-corrected chi connectivity index (χ2v) is 7.88. The molecule has 0 radical (unpaired) electrons. The van der Waals surface area contributed by atoms with Crippen molar-refractivity contribution in [1.82, 2.24) is 4.90 Å². The lowest BCUT2D eigenvalue weighted by Gasteiger charge is -2.25. The number of anilines is 1. The largest absolute Gasteiger partial charge is 0.378 e. The van der Waals surface area contributed by atoms with Crippen LogP contribution in [0.1, 0.15) is 12.0 Å². The fourth-order valence-corrected chi connectivity index (χ4v) is 4.98. The van der Waals surface area contributed by atoms with Crippen molar-refractivity contribution >= 4 is 29.5 Å². The summed E-state index contributed by atoms with van der Waals surface area (Å²) in [6.45, 7) is 2.32. The Hall–Kier alpha value is -2.73. The molecule has 6 heteroatoms. The van der Waals surface area contributed by atoms with Crippen molar-refractivity contribution in [2.24, 2.45) is 23.7 Å². The fourth-order valence-electron chi connectivity index (χ4n) is 4.98. The number of morpholine rings is 1. The number of hydrogen-bond acceptors (Lipinski definition) is 4. The minimum Gasteiger partial charge on any atom is -0.378 e. The van der Waals surface area contributed by atoms with Crippen LogP contribution in [-0.2, 0) is 19.1 Å². The highest BCUT2D eigenvalue weighted by atomic mass is 16.5. The monoisotopic (exact) mass is 378 g/mol. The molecule has 0 N–H and O–H groups in total. The molecule has 144 valence electrons. The maximum absolute atomic E-state index is 13.0. The number of fused-ring (bicyclic) bond motifs is 5. The Kier molecular flexibility index (Phi) is 4.16. The van der Waals surface area contributed by atoms with Gasteiger partial charge in [-0.3, -0.25) is 14.4 Å². The second kappa shape index (κ2) is 6.71. The molecule has 0 spiro atoms. The van der Waals surface area contributed by atoms with Crippen molar-refractivity contribution in [3.63, 3.8) is 0 Å². The van der Waals surface area contributed by atoms with Crippen LogP contribution in [0.3, 0.4) is 0 Å². The van der Waals surface area contributed by atoms with E-state index in [9.17, 15) is 14.4 Å². The molecule has 3 amide bonds. The van der Waals surface area contributed by atoms with Crippen molar-refractivity contribution in [3.05, 3.63) is 48.1 Å². The Balaban J connectivity index is 1.35. The topological polar surface area (TPSA) is 66.9 Å². The molecule has 4 atom stereocenters. The number of carbonyl (C=O) groups excluding carboxylic acids is 3. The van der Waals surface area contributed by atoms with Gasteiger partial charge in [0.15, 0.2) is 0 Å². The minimum absolute atomic E-state index is 0.0563. The van der Waals surface area contributed by atoms with E-state index in [-0.39, 0.29) is 41.4 Å². The van der Waals surface area contributed by atoms with Crippen LogP contribution in [0.15, 0.2) is 42.5 Å². The van der Waals surface area contributed by atoms with Gasteiger partial charge in [0.05, 0.1) is 30.7 Å². The van der Waals surface area contributed by atoms with Gasteiger partial charge in [-0.25, -0.2) is 4.90 Å². The Morgan fingerprint density at radius 1 is 1.04 bits per heavy atom. The van der Waals surface area contributed by atoms with E-state index in [0.29, 0.717) is 32.0 Å². The van der Waals surface area contributed by atoms with Crippen LogP contribution in [0, 0.1) is 23.7 Å². The molecule has 0 aromatic heterocycles.